The van der Waals surface area contributed by atoms with Crippen molar-refractivity contribution in [1.82, 2.24) is 0 Å². The van der Waals surface area contributed by atoms with Gasteiger partial charge in [-0.15, -0.1) is 0 Å². The van der Waals surface area contributed by atoms with Crippen LogP contribution < -0.4 is 0 Å². The second kappa shape index (κ2) is 7.01. The quantitative estimate of drug-likeness (QED) is 0.606. The maximum Gasteiger partial charge on any atom is 0.143 e. The van der Waals surface area contributed by atoms with Crippen molar-refractivity contribution in [2.24, 2.45) is 10.2 Å². The smallest absolute Gasteiger partial charge is 0.143 e. The third-order valence-corrected chi connectivity index (χ3v) is 3.55. The summed E-state index contributed by atoms with van der Waals surface area (Å²) < 4.78 is 0. The third kappa shape index (κ3) is 3.91. The van der Waals surface area contributed by atoms with Gasteiger partial charge in [-0.3, -0.25) is 0 Å². The summed E-state index contributed by atoms with van der Waals surface area (Å²) in [6.07, 6.45) is 1.32. The van der Waals surface area contributed by atoms with Crippen molar-refractivity contribution < 1.29 is 10.2 Å². The first-order valence-corrected chi connectivity index (χ1v) is 7.26. The van der Waals surface area contributed by atoms with E-state index in [1.54, 1.807) is 19.1 Å². The molecule has 0 heterocycles. The third-order valence-electron chi connectivity index (χ3n) is 2.81. The second-order valence-corrected chi connectivity index (χ2v) is 5.70. The van der Waals surface area contributed by atoms with E-state index in [0.29, 0.717) is 26.9 Å². The van der Waals surface area contributed by atoms with Gasteiger partial charge in [0.05, 0.1) is 16.9 Å². The molecular formula is C15H11Cl3N2O2. The number of halogens is 3. The Labute approximate surface area is 142 Å². The van der Waals surface area contributed by atoms with Crippen molar-refractivity contribution in [3.05, 3.63) is 56.5 Å². The van der Waals surface area contributed by atoms with Crippen LogP contribution in [-0.4, -0.2) is 22.1 Å². The molecule has 22 heavy (non-hydrogen) atoms. The molecule has 4 nitrogen and oxygen atoms in total. The van der Waals surface area contributed by atoms with Crippen molar-refractivity contribution in [2.75, 3.05) is 0 Å². The second-order valence-electron chi connectivity index (χ2n) is 4.42. The standard InChI is InChI=1S/C15H11Cl3N2O2/c1-8(12-5-10(16)2-3-14(12)21)20-19-7-9-4-11(17)6-13(18)15(9)22/h2-7,21-22H,1H3/b19-7+,20-8+. The summed E-state index contributed by atoms with van der Waals surface area (Å²) in [5.41, 5.74) is 1.27. The minimum absolute atomic E-state index is 0.0505. The number of nitrogens with zero attached hydrogens (tertiary/aromatic N) is 2. The molecular weight excluding hydrogens is 347 g/mol. The van der Waals surface area contributed by atoms with E-state index < -0.39 is 0 Å². The van der Waals surface area contributed by atoms with Gasteiger partial charge in [-0.2, -0.15) is 10.2 Å². The van der Waals surface area contributed by atoms with Crippen LogP contribution >= 0.6 is 34.8 Å². The van der Waals surface area contributed by atoms with Crippen LogP contribution in [0, 0.1) is 0 Å². The Morgan fingerprint density at radius 2 is 1.77 bits per heavy atom. The van der Waals surface area contributed by atoms with Gasteiger partial charge < -0.3 is 10.2 Å². The fourth-order valence-corrected chi connectivity index (χ4v) is 2.40. The van der Waals surface area contributed by atoms with Gasteiger partial charge in [-0.25, -0.2) is 0 Å². The first-order valence-electron chi connectivity index (χ1n) is 6.13. The van der Waals surface area contributed by atoms with Crippen molar-refractivity contribution in [1.29, 1.82) is 0 Å². The molecule has 0 aliphatic carbocycles. The molecule has 0 amide bonds. The Hall–Kier alpha value is -1.75. The van der Waals surface area contributed by atoms with Crippen LogP contribution in [0.15, 0.2) is 40.5 Å². The largest absolute Gasteiger partial charge is 0.507 e. The molecule has 0 aliphatic heterocycles. The van der Waals surface area contributed by atoms with Gasteiger partial charge >= 0.3 is 0 Å². The van der Waals surface area contributed by atoms with E-state index in [0.717, 1.165) is 0 Å². The maximum absolute atomic E-state index is 9.80. The predicted octanol–water partition coefficient (Wildman–Crippen LogP) is 4.90. The van der Waals surface area contributed by atoms with Gasteiger partial charge in [-0.1, -0.05) is 34.8 Å². The molecule has 7 heteroatoms. The van der Waals surface area contributed by atoms with Gasteiger partial charge in [0, 0.05) is 21.2 Å². The topological polar surface area (TPSA) is 65.2 Å². The first kappa shape index (κ1) is 16.6. The number of hydrogen-bond donors (Lipinski definition) is 2. The lowest BCUT2D eigenvalue weighted by Crippen LogP contribution is -1.94. The van der Waals surface area contributed by atoms with E-state index in [4.69, 9.17) is 34.8 Å². The molecule has 0 bridgehead atoms. The molecule has 0 saturated heterocycles. The van der Waals surface area contributed by atoms with Crippen LogP contribution in [0.25, 0.3) is 0 Å². The summed E-state index contributed by atoms with van der Waals surface area (Å²) in [5.74, 6) is -0.0808. The van der Waals surface area contributed by atoms with E-state index in [9.17, 15) is 10.2 Å². The van der Waals surface area contributed by atoms with Crippen LogP contribution in [0.2, 0.25) is 15.1 Å². The van der Waals surface area contributed by atoms with Crippen LogP contribution in [0.1, 0.15) is 18.1 Å². The SMILES string of the molecule is C/C(=N\N=C\c1cc(Cl)cc(Cl)c1O)c1cc(Cl)ccc1O. The molecule has 114 valence electrons. The van der Waals surface area contributed by atoms with Crippen molar-refractivity contribution in [3.8, 4) is 11.5 Å². The van der Waals surface area contributed by atoms with Crippen molar-refractivity contribution in [2.45, 2.75) is 6.92 Å². The molecule has 2 aromatic rings. The molecule has 2 N–H and O–H groups in total. The number of aromatic hydroxyl groups is 2. The zero-order valence-corrected chi connectivity index (χ0v) is 13.7. The number of benzene rings is 2. The van der Waals surface area contributed by atoms with E-state index in [2.05, 4.69) is 10.2 Å². The fraction of sp³-hybridized carbons (Fsp3) is 0.0667. The van der Waals surface area contributed by atoms with E-state index >= 15 is 0 Å². The summed E-state index contributed by atoms with van der Waals surface area (Å²) in [6.45, 7) is 1.67. The number of rotatable bonds is 3. The molecule has 0 fully saturated rings. The predicted molar refractivity (Wildman–Crippen MR) is 91.0 cm³/mol. The molecule has 0 spiro atoms. The van der Waals surface area contributed by atoms with Crippen LogP contribution in [0.5, 0.6) is 11.5 Å². The highest BCUT2D eigenvalue weighted by atomic mass is 35.5. The lowest BCUT2D eigenvalue weighted by molar-refractivity contribution is 0.473. The summed E-state index contributed by atoms with van der Waals surface area (Å²) in [6, 6.07) is 7.56. The zero-order chi connectivity index (χ0) is 16.3. The molecule has 0 saturated carbocycles. The Bertz CT molecular complexity index is 774. The van der Waals surface area contributed by atoms with Gasteiger partial charge in [0.15, 0.2) is 0 Å². The summed E-state index contributed by atoms with van der Waals surface area (Å²) in [7, 11) is 0. The average Bonchev–Trinajstić information content (AvgIpc) is 2.46. The highest BCUT2D eigenvalue weighted by Crippen LogP contribution is 2.30. The monoisotopic (exact) mass is 356 g/mol. The van der Waals surface area contributed by atoms with Gasteiger partial charge in [0.2, 0.25) is 0 Å². The highest BCUT2D eigenvalue weighted by Gasteiger charge is 2.07. The maximum atomic E-state index is 9.80. The normalized spacial score (nSPS) is 12.1. The summed E-state index contributed by atoms with van der Waals surface area (Å²) in [5, 5.41) is 28.4. The number of hydrogen-bond acceptors (Lipinski definition) is 4. The molecule has 0 aliphatic rings. The molecule has 2 aromatic carbocycles. The van der Waals surface area contributed by atoms with Crippen LogP contribution in [0.4, 0.5) is 0 Å². The molecule has 0 atom stereocenters. The molecule has 0 aromatic heterocycles. The Morgan fingerprint density at radius 1 is 1.05 bits per heavy atom. The summed E-state index contributed by atoms with van der Waals surface area (Å²) >= 11 is 17.6. The van der Waals surface area contributed by atoms with Crippen molar-refractivity contribution in [3.63, 3.8) is 0 Å². The number of phenols is 2. The highest BCUT2D eigenvalue weighted by molar-refractivity contribution is 6.36. The van der Waals surface area contributed by atoms with Crippen LogP contribution in [-0.2, 0) is 0 Å². The first-order chi connectivity index (χ1) is 10.4. The Kier molecular flexibility index (Phi) is 5.29. The van der Waals surface area contributed by atoms with Gasteiger partial charge in [0.25, 0.3) is 0 Å². The lowest BCUT2D eigenvalue weighted by Gasteiger charge is -2.03. The molecule has 0 radical (unpaired) electrons. The fourth-order valence-electron chi connectivity index (χ4n) is 1.71. The minimum Gasteiger partial charge on any atom is -0.507 e. The molecule has 0 unspecified atom stereocenters. The Balaban J connectivity index is 2.29. The number of phenolic OH excluding ortho intramolecular Hbond substituents is 2. The van der Waals surface area contributed by atoms with Gasteiger partial charge in [0.1, 0.15) is 11.5 Å². The lowest BCUT2D eigenvalue weighted by atomic mass is 10.1. The van der Waals surface area contributed by atoms with E-state index in [1.807, 2.05) is 0 Å². The van der Waals surface area contributed by atoms with Crippen molar-refractivity contribution >= 4 is 46.7 Å². The average molecular weight is 358 g/mol. The minimum atomic E-state index is -0.131. The van der Waals surface area contributed by atoms with E-state index in [-0.39, 0.29) is 16.5 Å². The molecule has 2 rings (SSSR count). The Morgan fingerprint density at radius 3 is 2.50 bits per heavy atom. The zero-order valence-electron chi connectivity index (χ0n) is 11.4. The summed E-state index contributed by atoms with van der Waals surface area (Å²) in [4.78, 5) is 0. The van der Waals surface area contributed by atoms with Crippen LogP contribution in [0.3, 0.4) is 0 Å². The van der Waals surface area contributed by atoms with E-state index in [1.165, 1.54) is 24.4 Å². The van der Waals surface area contributed by atoms with Gasteiger partial charge in [-0.05, 0) is 37.3 Å².